The van der Waals surface area contributed by atoms with E-state index in [1.54, 1.807) is 54.6 Å². The molecule has 120 valence electrons. The second kappa shape index (κ2) is 6.00. The van der Waals surface area contributed by atoms with Gasteiger partial charge in [-0.25, -0.2) is 0 Å². The van der Waals surface area contributed by atoms with Crippen LogP contribution in [-0.4, -0.2) is 16.0 Å². The van der Waals surface area contributed by atoms with E-state index >= 15 is 0 Å². The first-order valence-corrected chi connectivity index (χ1v) is 7.24. The summed E-state index contributed by atoms with van der Waals surface area (Å²) in [5.74, 6) is -0.920. The highest BCUT2D eigenvalue weighted by Gasteiger charge is 2.23. The molecule has 0 aliphatic rings. The summed E-state index contributed by atoms with van der Waals surface area (Å²) in [5, 5.41) is 10.9. The lowest BCUT2D eigenvalue weighted by Gasteiger charge is -2.20. The Bertz CT molecular complexity index is 1040. The molecule has 1 aromatic heterocycles. The number of H-pyrrole nitrogens is 1. The normalized spacial score (nSPS) is 10.5. The number of carbonyl (C=O) groups excluding carboxylic acids is 1. The molecular formula is C18H14N2O4. The molecule has 0 aliphatic heterocycles. The van der Waals surface area contributed by atoms with Gasteiger partial charge in [0.25, 0.3) is 11.0 Å². The Kier molecular flexibility index (Phi) is 3.87. The van der Waals surface area contributed by atoms with Crippen LogP contribution < -0.4 is 15.9 Å². The lowest BCUT2D eigenvalue weighted by atomic mass is 10.2. The van der Waals surface area contributed by atoms with E-state index < -0.39 is 22.6 Å². The first-order chi connectivity index (χ1) is 11.5. The third-order valence-corrected chi connectivity index (χ3v) is 3.63. The number of hydrogen-bond donors (Lipinski definition) is 2. The number of hydrogen-bond acceptors (Lipinski definition) is 4. The number of aromatic amines is 1. The average Bonchev–Trinajstić information content (AvgIpc) is 2.67. The van der Waals surface area contributed by atoms with Crippen molar-refractivity contribution < 1.29 is 9.90 Å². The zero-order valence-corrected chi connectivity index (χ0v) is 12.8. The number of aromatic nitrogens is 1. The van der Waals surface area contributed by atoms with Gasteiger partial charge in [0.2, 0.25) is 5.91 Å². The summed E-state index contributed by atoms with van der Waals surface area (Å²) in [6.07, 6.45) is 0. The van der Waals surface area contributed by atoms with Crippen molar-refractivity contribution >= 4 is 28.2 Å². The first kappa shape index (κ1) is 15.5. The maximum atomic E-state index is 12.5. The monoisotopic (exact) mass is 322 g/mol. The number of nitrogens with one attached hydrogen (secondary N) is 1. The van der Waals surface area contributed by atoms with Gasteiger partial charge in [0.05, 0.1) is 5.52 Å². The molecule has 0 fully saturated rings. The maximum absolute atomic E-state index is 12.5. The minimum Gasteiger partial charge on any atom is -0.505 e. The predicted molar refractivity (Wildman–Crippen MR) is 91.8 cm³/mol. The lowest BCUT2D eigenvalue weighted by molar-refractivity contribution is -0.115. The number of fused-ring (bicyclic) bond motifs is 1. The second-order valence-electron chi connectivity index (χ2n) is 5.22. The summed E-state index contributed by atoms with van der Waals surface area (Å²) in [6, 6.07) is 14.8. The zero-order chi connectivity index (χ0) is 17.3. The Morgan fingerprint density at radius 2 is 1.62 bits per heavy atom. The fourth-order valence-corrected chi connectivity index (χ4v) is 2.57. The number of rotatable bonds is 2. The van der Waals surface area contributed by atoms with Gasteiger partial charge in [-0.1, -0.05) is 30.3 Å². The average molecular weight is 322 g/mol. The summed E-state index contributed by atoms with van der Waals surface area (Å²) in [7, 11) is 0. The summed E-state index contributed by atoms with van der Waals surface area (Å²) >= 11 is 0. The van der Waals surface area contributed by atoms with Gasteiger partial charge in [0.15, 0.2) is 5.75 Å². The minimum atomic E-state index is -0.984. The van der Waals surface area contributed by atoms with Crippen LogP contribution >= 0.6 is 0 Å². The summed E-state index contributed by atoms with van der Waals surface area (Å²) in [4.78, 5) is 40.3. The van der Waals surface area contributed by atoms with Crippen molar-refractivity contribution in [1.82, 2.24) is 4.98 Å². The molecule has 1 amide bonds. The molecule has 2 aromatic carbocycles. The molecule has 1 heterocycles. The summed E-state index contributed by atoms with van der Waals surface area (Å²) in [5.41, 5.74) is -1.57. The lowest BCUT2D eigenvalue weighted by Crippen LogP contribution is -2.33. The highest BCUT2D eigenvalue weighted by molar-refractivity contribution is 6.03. The van der Waals surface area contributed by atoms with E-state index in [4.69, 9.17) is 0 Å². The van der Waals surface area contributed by atoms with E-state index in [-0.39, 0.29) is 11.1 Å². The van der Waals surface area contributed by atoms with Crippen molar-refractivity contribution in [3.8, 4) is 5.75 Å². The standard InChI is InChI=1S/C18H14N2O4/c1-11(21)20(12-7-3-2-4-8-12)15-16(22)13-9-5-6-10-14(13)19-18(24)17(15)23/h2-10,22H,1H3,(H,19,23,24). The number of aromatic hydroxyl groups is 1. The first-order valence-electron chi connectivity index (χ1n) is 7.24. The van der Waals surface area contributed by atoms with Crippen LogP contribution in [0.2, 0.25) is 0 Å². The van der Waals surface area contributed by atoms with Crippen LogP contribution in [-0.2, 0) is 4.79 Å². The molecule has 2 N–H and O–H groups in total. The van der Waals surface area contributed by atoms with Crippen molar-refractivity contribution in [3.05, 3.63) is 75.2 Å². The molecule has 0 saturated carbocycles. The van der Waals surface area contributed by atoms with Crippen LogP contribution in [0.3, 0.4) is 0 Å². The van der Waals surface area contributed by atoms with Crippen molar-refractivity contribution in [2.75, 3.05) is 4.90 Å². The van der Waals surface area contributed by atoms with E-state index in [1.807, 2.05) is 0 Å². The number of carbonyl (C=O) groups is 1. The van der Waals surface area contributed by atoms with E-state index in [0.717, 1.165) is 4.90 Å². The molecule has 24 heavy (non-hydrogen) atoms. The molecule has 3 aromatic rings. The zero-order valence-electron chi connectivity index (χ0n) is 12.8. The predicted octanol–water partition coefficient (Wildman–Crippen LogP) is 2.28. The SMILES string of the molecule is CC(=O)N(c1ccccc1)c1c(O)c2ccccc2[nH]c(=O)c1=O. The molecule has 0 spiro atoms. The number of benzene rings is 2. The van der Waals surface area contributed by atoms with Crippen LogP contribution in [0.1, 0.15) is 6.92 Å². The molecule has 0 bridgehead atoms. The molecule has 6 heteroatoms. The Morgan fingerprint density at radius 3 is 2.29 bits per heavy atom. The number of para-hydroxylation sites is 2. The smallest absolute Gasteiger partial charge is 0.298 e. The van der Waals surface area contributed by atoms with Crippen LogP contribution in [0, 0.1) is 0 Å². The third kappa shape index (κ3) is 2.54. The molecule has 0 radical (unpaired) electrons. The van der Waals surface area contributed by atoms with Gasteiger partial charge in [-0.3, -0.25) is 19.3 Å². The van der Waals surface area contributed by atoms with Crippen molar-refractivity contribution in [2.24, 2.45) is 0 Å². The topological polar surface area (TPSA) is 90.5 Å². The van der Waals surface area contributed by atoms with E-state index in [0.29, 0.717) is 11.2 Å². The van der Waals surface area contributed by atoms with Crippen molar-refractivity contribution in [1.29, 1.82) is 0 Å². The van der Waals surface area contributed by atoms with Gasteiger partial charge in [-0.05, 0) is 24.3 Å². The quantitative estimate of drug-likeness (QED) is 0.708. The van der Waals surface area contributed by atoms with Gasteiger partial charge >= 0.3 is 0 Å². The largest absolute Gasteiger partial charge is 0.505 e. The molecule has 0 atom stereocenters. The number of anilines is 2. The summed E-state index contributed by atoms with van der Waals surface area (Å²) < 4.78 is 0. The van der Waals surface area contributed by atoms with Gasteiger partial charge in [0, 0.05) is 18.0 Å². The molecule has 0 saturated heterocycles. The van der Waals surface area contributed by atoms with E-state index in [9.17, 15) is 19.5 Å². The van der Waals surface area contributed by atoms with Crippen molar-refractivity contribution in [3.63, 3.8) is 0 Å². The van der Waals surface area contributed by atoms with Crippen molar-refractivity contribution in [2.45, 2.75) is 6.92 Å². The van der Waals surface area contributed by atoms with Crippen LogP contribution in [0.25, 0.3) is 10.9 Å². The minimum absolute atomic E-state index is 0.272. The number of amides is 1. The maximum Gasteiger partial charge on any atom is 0.298 e. The second-order valence-corrected chi connectivity index (χ2v) is 5.22. The number of nitrogens with zero attached hydrogens (tertiary/aromatic N) is 1. The molecule has 0 aliphatic carbocycles. The third-order valence-electron chi connectivity index (χ3n) is 3.63. The van der Waals surface area contributed by atoms with Crippen LogP contribution in [0.15, 0.2) is 64.2 Å². The fraction of sp³-hybridized carbons (Fsp3) is 0.0556. The van der Waals surface area contributed by atoms with E-state index in [2.05, 4.69) is 4.98 Å². The molecule has 6 nitrogen and oxygen atoms in total. The molecular weight excluding hydrogens is 308 g/mol. The molecule has 0 unspecified atom stereocenters. The van der Waals surface area contributed by atoms with Gasteiger partial charge in [0.1, 0.15) is 5.69 Å². The Hall–Kier alpha value is -3.41. The van der Waals surface area contributed by atoms with Crippen LogP contribution in [0.4, 0.5) is 11.4 Å². The van der Waals surface area contributed by atoms with E-state index in [1.165, 1.54) is 6.92 Å². The molecule has 3 rings (SSSR count). The Labute approximate surface area is 136 Å². The fourth-order valence-electron chi connectivity index (χ4n) is 2.57. The highest BCUT2D eigenvalue weighted by Crippen LogP contribution is 2.33. The highest BCUT2D eigenvalue weighted by atomic mass is 16.3. The van der Waals surface area contributed by atoms with Gasteiger partial charge in [-0.15, -0.1) is 0 Å². The Balaban J connectivity index is 2.47. The van der Waals surface area contributed by atoms with Gasteiger partial charge in [-0.2, -0.15) is 0 Å². The van der Waals surface area contributed by atoms with Crippen LogP contribution in [0.5, 0.6) is 5.75 Å². The van der Waals surface area contributed by atoms with Gasteiger partial charge < -0.3 is 10.1 Å². The summed E-state index contributed by atoms with van der Waals surface area (Å²) in [6.45, 7) is 1.26. The Morgan fingerprint density at radius 1 is 1.00 bits per heavy atom.